The van der Waals surface area contributed by atoms with E-state index in [0.29, 0.717) is 32.0 Å². The molecule has 1 saturated heterocycles. The Morgan fingerprint density at radius 2 is 2.05 bits per heavy atom. The van der Waals surface area contributed by atoms with Crippen LogP contribution in [-0.4, -0.2) is 36.2 Å². The van der Waals surface area contributed by atoms with Gasteiger partial charge in [-0.25, -0.2) is 4.79 Å². The van der Waals surface area contributed by atoms with Crippen molar-refractivity contribution in [3.8, 4) is 0 Å². The van der Waals surface area contributed by atoms with E-state index in [1.807, 2.05) is 6.07 Å². The Bertz CT molecular complexity index is 580. The van der Waals surface area contributed by atoms with Crippen LogP contribution in [0.5, 0.6) is 0 Å². The van der Waals surface area contributed by atoms with E-state index in [0.717, 1.165) is 24.0 Å². The molecule has 2 N–H and O–H groups in total. The number of rotatable bonds is 4. The first-order chi connectivity index (χ1) is 10.6. The van der Waals surface area contributed by atoms with E-state index in [2.05, 4.69) is 5.32 Å². The Hall–Kier alpha value is -1.92. The van der Waals surface area contributed by atoms with Crippen LogP contribution in [0.4, 0.5) is 0 Å². The number of carbonyl (C=O) groups is 2. The first kappa shape index (κ1) is 15.0. The number of amides is 1. The number of nitrogens with one attached hydrogen (secondary N) is 1. The molecule has 2 aliphatic heterocycles. The number of aliphatic carboxylic acids is 1. The maximum Gasteiger partial charge on any atom is 0.326 e. The number of carboxylic acids is 1. The fourth-order valence-corrected chi connectivity index (χ4v) is 2.95. The van der Waals surface area contributed by atoms with Crippen LogP contribution in [0.2, 0.25) is 0 Å². The number of hydrogen-bond acceptors (Lipinski definition) is 4. The molecule has 2 unspecified atom stereocenters. The third-order valence-electron chi connectivity index (χ3n) is 4.20. The molecule has 1 fully saturated rings. The zero-order valence-electron chi connectivity index (χ0n) is 12.2. The van der Waals surface area contributed by atoms with Crippen molar-refractivity contribution in [2.24, 2.45) is 5.92 Å². The van der Waals surface area contributed by atoms with E-state index < -0.39 is 12.0 Å². The van der Waals surface area contributed by atoms with Crippen molar-refractivity contribution in [1.29, 1.82) is 0 Å². The molecule has 1 aromatic rings. The van der Waals surface area contributed by atoms with Gasteiger partial charge >= 0.3 is 5.97 Å². The molecule has 22 heavy (non-hydrogen) atoms. The summed E-state index contributed by atoms with van der Waals surface area (Å²) in [5, 5.41) is 12.0. The summed E-state index contributed by atoms with van der Waals surface area (Å²) >= 11 is 0. The minimum absolute atomic E-state index is 0.187. The largest absolute Gasteiger partial charge is 0.480 e. The molecule has 118 valence electrons. The number of fused-ring (bicyclic) bond motifs is 1. The minimum atomic E-state index is -1.02. The van der Waals surface area contributed by atoms with Gasteiger partial charge in [-0.2, -0.15) is 0 Å². The van der Waals surface area contributed by atoms with Gasteiger partial charge in [0.1, 0.15) is 6.04 Å². The maximum atomic E-state index is 12.3. The average Bonchev–Trinajstić information content (AvgIpc) is 3.00. The van der Waals surface area contributed by atoms with Gasteiger partial charge in [0.05, 0.1) is 19.8 Å². The van der Waals surface area contributed by atoms with E-state index >= 15 is 0 Å². The van der Waals surface area contributed by atoms with Crippen molar-refractivity contribution in [2.45, 2.75) is 32.1 Å². The van der Waals surface area contributed by atoms with Gasteiger partial charge in [0.25, 0.3) is 5.91 Å². The van der Waals surface area contributed by atoms with E-state index in [4.69, 9.17) is 9.47 Å². The SMILES string of the molecule is O=C(NC(C(=O)O)C1CCCOC1)c1ccc2c(c1)COC2. The Kier molecular flexibility index (Phi) is 4.40. The molecule has 1 amide bonds. The molecule has 0 saturated carbocycles. The molecule has 2 heterocycles. The molecule has 0 spiro atoms. The van der Waals surface area contributed by atoms with E-state index in [-0.39, 0.29) is 11.8 Å². The van der Waals surface area contributed by atoms with Crippen molar-refractivity contribution in [3.63, 3.8) is 0 Å². The van der Waals surface area contributed by atoms with Crippen LogP contribution in [0.1, 0.15) is 34.3 Å². The zero-order chi connectivity index (χ0) is 15.5. The molecule has 3 rings (SSSR count). The summed E-state index contributed by atoms with van der Waals surface area (Å²) in [4.78, 5) is 23.8. The Morgan fingerprint density at radius 1 is 1.23 bits per heavy atom. The molecule has 6 heteroatoms. The molecule has 6 nitrogen and oxygen atoms in total. The molecule has 2 aliphatic rings. The first-order valence-corrected chi connectivity index (χ1v) is 7.46. The molecule has 0 aliphatic carbocycles. The highest BCUT2D eigenvalue weighted by atomic mass is 16.5. The Morgan fingerprint density at radius 3 is 2.77 bits per heavy atom. The Balaban J connectivity index is 1.72. The van der Waals surface area contributed by atoms with Gasteiger partial charge in [-0.1, -0.05) is 6.07 Å². The summed E-state index contributed by atoms with van der Waals surface area (Å²) in [7, 11) is 0. The lowest BCUT2D eigenvalue weighted by atomic mass is 9.93. The number of benzene rings is 1. The summed E-state index contributed by atoms with van der Waals surface area (Å²) < 4.78 is 10.7. The first-order valence-electron chi connectivity index (χ1n) is 7.46. The standard InChI is InChI=1S/C16H19NO5/c18-15(10-3-4-11-7-22-9-13(11)6-10)17-14(16(19)20)12-2-1-5-21-8-12/h3-4,6,12,14H,1-2,5,7-9H2,(H,17,18)(H,19,20). The highest BCUT2D eigenvalue weighted by molar-refractivity contribution is 5.96. The highest BCUT2D eigenvalue weighted by Crippen LogP contribution is 2.22. The van der Waals surface area contributed by atoms with Crippen LogP contribution in [0.15, 0.2) is 18.2 Å². The molecule has 0 aromatic heterocycles. The van der Waals surface area contributed by atoms with Gasteiger partial charge in [0, 0.05) is 18.1 Å². The van der Waals surface area contributed by atoms with Gasteiger partial charge in [-0.05, 0) is 36.1 Å². The second-order valence-electron chi connectivity index (χ2n) is 5.74. The van der Waals surface area contributed by atoms with Crippen LogP contribution >= 0.6 is 0 Å². The van der Waals surface area contributed by atoms with Crippen LogP contribution in [0.25, 0.3) is 0 Å². The van der Waals surface area contributed by atoms with Gasteiger partial charge < -0.3 is 19.9 Å². The van der Waals surface area contributed by atoms with Crippen LogP contribution in [0, 0.1) is 5.92 Å². The zero-order valence-corrected chi connectivity index (χ0v) is 12.2. The third kappa shape index (κ3) is 3.13. The van der Waals surface area contributed by atoms with Crippen molar-refractivity contribution in [2.75, 3.05) is 13.2 Å². The number of hydrogen-bond donors (Lipinski definition) is 2. The quantitative estimate of drug-likeness (QED) is 0.876. The molecule has 1 aromatic carbocycles. The van der Waals surface area contributed by atoms with E-state index in [9.17, 15) is 14.7 Å². The lowest BCUT2D eigenvalue weighted by Crippen LogP contribution is -2.48. The third-order valence-corrected chi connectivity index (χ3v) is 4.20. The smallest absolute Gasteiger partial charge is 0.326 e. The second-order valence-corrected chi connectivity index (χ2v) is 5.74. The van der Waals surface area contributed by atoms with Crippen molar-refractivity contribution in [3.05, 3.63) is 34.9 Å². The molecule has 0 bridgehead atoms. The summed E-state index contributed by atoms with van der Waals surface area (Å²) in [5.41, 5.74) is 2.53. The van der Waals surface area contributed by atoms with E-state index in [1.54, 1.807) is 12.1 Å². The predicted molar refractivity (Wildman–Crippen MR) is 77.4 cm³/mol. The van der Waals surface area contributed by atoms with Crippen molar-refractivity contribution < 1.29 is 24.2 Å². The fourth-order valence-electron chi connectivity index (χ4n) is 2.95. The average molecular weight is 305 g/mol. The summed E-state index contributed by atoms with van der Waals surface area (Å²) in [6, 6.07) is 4.42. The predicted octanol–water partition coefficient (Wildman–Crippen LogP) is 1.33. The monoisotopic (exact) mass is 305 g/mol. The van der Waals surface area contributed by atoms with Crippen molar-refractivity contribution in [1.82, 2.24) is 5.32 Å². The van der Waals surface area contributed by atoms with Crippen LogP contribution in [0.3, 0.4) is 0 Å². The number of carboxylic acid groups (broad SMARTS) is 1. The van der Waals surface area contributed by atoms with Gasteiger partial charge in [-0.3, -0.25) is 4.79 Å². The summed E-state index contributed by atoms with van der Waals surface area (Å²) in [5.74, 6) is -1.58. The van der Waals surface area contributed by atoms with Crippen LogP contribution in [-0.2, 0) is 27.5 Å². The second kappa shape index (κ2) is 6.46. The van der Waals surface area contributed by atoms with E-state index in [1.165, 1.54) is 0 Å². The number of ether oxygens (including phenoxy) is 2. The summed E-state index contributed by atoms with van der Waals surface area (Å²) in [6.07, 6.45) is 1.57. The molecular weight excluding hydrogens is 286 g/mol. The topological polar surface area (TPSA) is 84.9 Å². The van der Waals surface area contributed by atoms with Gasteiger partial charge in [-0.15, -0.1) is 0 Å². The number of carbonyl (C=O) groups excluding carboxylic acids is 1. The Labute approximate surface area is 128 Å². The molecule has 0 radical (unpaired) electrons. The maximum absolute atomic E-state index is 12.3. The highest BCUT2D eigenvalue weighted by Gasteiger charge is 2.31. The normalized spacial score (nSPS) is 21.9. The lowest BCUT2D eigenvalue weighted by Gasteiger charge is -2.28. The lowest BCUT2D eigenvalue weighted by molar-refractivity contribution is -0.142. The molecule has 2 atom stereocenters. The minimum Gasteiger partial charge on any atom is -0.480 e. The van der Waals surface area contributed by atoms with Crippen LogP contribution < -0.4 is 5.32 Å². The summed E-state index contributed by atoms with van der Waals surface area (Å²) in [6.45, 7) is 2.08. The molecular formula is C16H19NO5. The van der Waals surface area contributed by atoms with Gasteiger partial charge in [0.2, 0.25) is 0 Å². The fraction of sp³-hybridized carbons (Fsp3) is 0.500. The van der Waals surface area contributed by atoms with Gasteiger partial charge in [0.15, 0.2) is 0 Å². The van der Waals surface area contributed by atoms with Crippen molar-refractivity contribution >= 4 is 11.9 Å².